The molecule has 0 radical (unpaired) electrons. The number of aromatic nitrogens is 2. The average molecular weight is 296 g/mol. The van der Waals surface area contributed by atoms with E-state index in [0.717, 1.165) is 4.47 Å². The van der Waals surface area contributed by atoms with E-state index in [1.54, 1.807) is 24.3 Å². The van der Waals surface area contributed by atoms with Crippen LogP contribution in [0.25, 0.3) is 0 Å². The molecule has 0 bridgehead atoms. The number of halogens is 1. The summed E-state index contributed by atoms with van der Waals surface area (Å²) in [4.78, 5) is 22.5. The summed E-state index contributed by atoms with van der Waals surface area (Å²) < 4.78 is 0.920. The fourth-order valence-corrected chi connectivity index (χ4v) is 1.61. The standard InChI is InChI=1S/C11H10BrN3O2/c12-8-3-1-7(2-4-8)11(17)13-6-9-5-10(16)15-14-9/h1-5H,6H2,(H,13,17)(H2,14,15,16). The van der Waals surface area contributed by atoms with Crippen LogP contribution in [0.3, 0.4) is 0 Å². The number of H-pyrrole nitrogens is 2. The van der Waals surface area contributed by atoms with Crippen molar-refractivity contribution in [1.29, 1.82) is 0 Å². The van der Waals surface area contributed by atoms with Crippen LogP contribution in [0.5, 0.6) is 0 Å². The average Bonchev–Trinajstić information content (AvgIpc) is 2.73. The molecule has 1 heterocycles. The third kappa shape index (κ3) is 3.07. The molecule has 0 saturated carbocycles. The minimum absolute atomic E-state index is 0.181. The molecule has 0 atom stereocenters. The minimum Gasteiger partial charge on any atom is -0.346 e. The Labute approximate surface area is 105 Å². The van der Waals surface area contributed by atoms with Crippen molar-refractivity contribution in [3.63, 3.8) is 0 Å². The molecule has 5 nitrogen and oxygen atoms in total. The lowest BCUT2D eigenvalue weighted by atomic mass is 10.2. The van der Waals surface area contributed by atoms with Crippen molar-refractivity contribution in [2.75, 3.05) is 0 Å². The molecule has 1 aromatic carbocycles. The number of carbonyl (C=O) groups is 1. The highest BCUT2D eigenvalue weighted by molar-refractivity contribution is 9.10. The quantitative estimate of drug-likeness (QED) is 0.800. The van der Waals surface area contributed by atoms with Crippen LogP contribution in [0.1, 0.15) is 16.1 Å². The molecule has 1 aromatic heterocycles. The molecule has 0 aliphatic carbocycles. The highest BCUT2D eigenvalue weighted by Gasteiger charge is 2.05. The Kier molecular flexibility index (Phi) is 3.43. The monoisotopic (exact) mass is 295 g/mol. The van der Waals surface area contributed by atoms with Crippen LogP contribution >= 0.6 is 15.9 Å². The predicted octanol–water partition coefficient (Wildman–Crippen LogP) is 1.40. The lowest BCUT2D eigenvalue weighted by Gasteiger charge is -2.03. The maximum atomic E-state index is 11.7. The number of hydrogen-bond donors (Lipinski definition) is 3. The Hall–Kier alpha value is -1.82. The van der Waals surface area contributed by atoms with Crippen LogP contribution in [-0.4, -0.2) is 16.1 Å². The highest BCUT2D eigenvalue weighted by atomic mass is 79.9. The molecule has 0 spiro atoms. The first-order valence-corrected chi connectivity index (χ1v) is 5.75. The van der Waals surface area contributed by atoms with Crippen molar-refractivity contribution < 1.29 is 4.79 Å². The third-order valence-electron chi connectivity index (χ3n) is 2.20. The summed E-state index contributed by atoms with van der Waals surface area (Å²) in [5.41, 5.74) is 1.00. The smallest absolute Gasteiger partial charge is 0.264 e. The maximum absolute atomic E-state index is 11.7. The Morgan fingerprint density at radius 2 is 1.94 bits per heavy atom. The lowest BCUT2D eigenvalue weighted by molar-refractivity contribution is 0.0950. The van der Waals surface area contributed by atoms with Gasteiger partial charge in [0.15, 0.2) is 0 Å². The van der Waals surface area contributed by atoms with E-state index in [4.69, 9.17) is 0 Å². The van der Waals surface area contributed by atoms with Gasteiger partial charge in [0.1, 0.15) is 0 Å². The molecular weight excluding hydrogens is 286 g/mol. The number of amides is 1. The van der Waals surface area contributed by atoms with Crippen LogP contribution in [0.4, 0.5) is 0 Å². The Bertz CT molecular complexity index is 571. The molecule has 0 aliphatic heterocycles. The Morgan fingerprint density at radius 1 is 1.24 bits per heavy atom. The maximum Gasteiger partial charge on any atom is 0.264 e. The van der Waals surface area contributed by atoms with Gasteiger partial charge in [0.05, 0.1) is 12.2 Å². The second kappa shape index (κ2) is 5.01. The van der Waals surface area contributed by atoms with Gasteiger partial charge in [-0.05, 0) is 24.3 Å². The van der Waals surface area contributed by atoms with Crippen LogP contribution in [-0.2, 0) is 6.54 Å². The SMILES string of the molecule is O=C(NCc1cc(=O)[nH][nH]1)c1ccc(Br)cc1. The molecule has 1 amide bonds. The zero-order chi connectivity index (χ0) is 12.3. The fourth-order valence-electron chi connectivity index (χ4n) is 1.35. The zero-order valence-corrected chi connectivity index (χ0v) is 10.4. The van der Waals surface area contributed by atoms with Gasteiger partial charge in [0.25, 0.3) is 11.5 Å². The number of aromatic amines is 2. The summed E-state index contributed by atoms with van der Waals surface area (Å²) in [6.45, 7) is 0.285. The van der Waals surface area contributed by atoms with Crippen LogP contribution in [0.2, 0.25) is 0 Å². The van der Waals surface area contributed by atoms with Crippen molar-refractivity contribution in [2.45, 2.75) is 6.54 Å². The second-order valence-corrected chi connectivity index (χ2v) is 4.39. The molecule has 17 heavy (non-hydrogen) atoms. The van der Waals surface area contributed by atoms with E-state index in [1.807, 2.05) is 0 Å². The first-order chi connectivity index (χ1) is 8.15. The van der Waals surface area contributed by atoms with Crippen molar-refractivity contribution in [3.8, 4) is 0 Å². The molecule has 0 fully saturated rings. The topological polar surface area (TPSA) is 77.8 Å². The molecule has 2 aromatic rings. The van der Waals surface area contributed by atoms with E-state index >= 15 is 0 Å². The van der Waals surface area contributed by atoms with Crippen molar-refractivity contribution in [1.82, 2.24) is 15.5 Å². The van der Waals surface area contributed by atoms with Gasteiger partial charge in [-0.2, -0.15) is 0 Å². The summed E-state index contributed by atoms with van der Waals surface area (Å²) in [7, 11) is 0. The first-order valence-electron chi connectivity index (χ1n) is 4.95. The van der Waals surface area contributed by atoms with E-state index in [-0.39, 0.29) is 18.0 Å². The summed E-state index contributed by atoms with van der Waals surface area (Å²) in [6, 6.07) is 8.45. The molecule has 2 rings (SSSR count). The van der Waals surface area contributed by atoms with Gasteiger partial charge < -0.3 is 10.4 Å². The number of hydrogen-bond acceptors (Lipinski definition) is 2. The van der Waals surface area contributed by atoms with Gasteiger partial charge in [0.2, 0.25) is 0 Å². The van der Waals surface area contributed by atoms with Crippen LogP contribution in [0.15, 0.2) is 39.6 Å². The van der Waals surface area contributed by atoms with Crippen molar-refractivity contribution in [3.05, 3.63) is 56.4 Å². The normalized spacial score (nSPS) is 10.2. The molecule has 0 saturated heterocycles. The summed E-state index contributed by atoms with van der Waals surface area (Å²) in [5, 5.41) is 7.77. The largest absolute Gasteiger partial charge is 0.346 e. The van der Waals surface area contributed by atoms with E-state index in [9.17, 15) is 9.59 Å². The van der Waals surface area contributed by atoms with Gasteiger partial charge >= 0.3 is 0 Å². The molecule has 0 aliphatic rings. The number of nitrogens with one attached hydrogen (secondary N) is 3. The van der Waals surface area contributed by atoms with Crippen LogP contribution in [0, 0.1) is 0 Å². The zero-order valence-electron chi connectivity index (χ0n) is 8.79. The molecule has 0 unspecified atom stereocenters. The molecule has 88 valence electrons. The van der Waals surface area contributed by atoms with Gasteiger partial charge in [0, 0.05) is 16.1 Å². The van der Waals surface area contributed by atoms with Gasteiger partial charge in [-0.3, -0.25) is 14.7 Å². The lowest BCUT2D eigenvalue weighted by Crippen LogP contribution is -2.22. The summed E-state index contributed by atoms with van der Waals surface area (Å²) in [6.07, 6.45) is 0. The van der Waals surface area contributed by atoms with E-state index in [2.05, 4.69) is 31.4 Å². The van der Waals surface area contributed by atoms with Crippen molar-refractivity contribution in [2.24, 2.45) is 0 Å². The van der Waals surface area contributed by atoms with Crippen LogP contribution < -0.4 is 10.9 Å². The summed E-state index contributed by atoms with van der Waals surface area (Å²) in [5.74, 6) is -0.181. The molecular formula is C11H10BrN3O2. The fraction of sp³-hybridized carbons (Fsp3) is 0.0909. The first kappa shape index (κ1) is 11.7. The molecule has 6 heteroatoms. The number of rotatable bonds is 3. The van der Waals surface area contributed by atoms with Gasteiger partial charge in [-0.15, -0.1) is 0 Å². The third-order valence-corrected chi connectivity index (χ3v) is 2.73. The van der Waals surface area contributed by atoms with E-state index in [0.29, 0.717) is 11.3 Å². The number of carbonyl (C=O) groups excluding carboxylic acids is 1. The highest BCUT2D eigenvalue weighted by Crippen LogP contribution is 2.10. The molecule has 3 N–H and O–H groups in total. The van der Waals surface area contributed by atoms with Gasteiger partial charge in [-0.1, -0.05) is 15.9 Å². The minimum atomic E-state index is -0.210. The van der Waals surface area contributed by atoms with Crippen molar-refractivity contribution >= 4 is 21.8 Å². The van der Waals surface area contributed by atoms with E-state index in [1.165, 1.54) is 6.07 Å². The number of benzene rings is 1. The summed E-state index contributed by atoms with van der Waals surface area (Å²) >= 11 is 3.30. The van der Waals surface area contributed by atoms with E-state index < -0.39 is 0 Å². The second-order valence-electron chi connectivity index (χ2n) is 3.47. The van der Waals surface area contributed by atoms with Gasteiger partial charge in [-0.25, -0.2) is 0 Å². The Balaban J connectivity index is 1.98. The predicted molar refractivity (Wildman–Crippen MR) is 66.7 cm³/mol. The Morgan fingerprint density at radius 3 is 2.53 bits per heavy atom.